The van der Waals surface area contributed by atoms with E-state index in [4.69, 9.17) is 5.73 Å². The number of halogens is 1. The van der Waals surface area contributed by atoms with Crippen LogP contribution in [0.1, 0.15) is 24.5 Å². The quantitative estimate of drug-likeness (QED) is 0.837. The standard InChI is InChI=1S/C11H11FN4/c12-8-2-1-3-9(6-8)16-11(13)10(14-15-16)7-4-5-7/h1-3,6-7H,4-5,13H2. The van der Waals surface area contributed by atoms with Crippen LogP contribution in [0, 0.1) is 5.82 Å². The lowest BCUT2D eigenvalue weighted by Gasteiger charge is -2.02. The number of hydrogen-bond donors (Lipinski definition) is 1. The van der Waals surface area contributed by atoms with Gasteiger partial charge in [-0.05, 0) is 31.0 Å². The Balaban J connectivity index is 2.06. The molecule has 5 heteroatoms. The van der Waals surface area contributed by atoms with Gasteiger partial charge in [-0.2, -0.15) is 4.68 Å². The van der Waals surface area contributed by atoms with E-state index in [1.54, 1.807) is 12.1 Å². The Labute approximate surface area is 91.9 Å². The number of nitrogens with zero attached hydrogens (tertiary/aromatic N) is 3. The van der Waals surface area contributed by atoms with Crippen LogP contribution in [0.15, 0.2) is 24.3 Å². The van der Waals surface area contributed by atoms with Crippen LogP contribution < -0.4 is 5.73 Å². The molecule has 4 nitrogen and oxygen atoms in total. The number of anilines is 1. The van der Waals surface area contributed by atoms with E-state index in [0.717, 1.165) is 18.5 Å². The molecule has 0 saturated heterocycles. The lowest BCUT2D eigenvalue weighted by molar-refractivity contribution is 0.625. The molecule has 0 radical (unpaired) electrons. The second-order valence-corrected chi connectivity index (χ2v) is 4.03. The highest BCUT2D eigenvalue weighted by molar-refractivity contribution is 5.46. The van der Waals surface area contributed by atoms with E-state index >= 15 is 0 Å². The Morgan fingerprint density at radius 2 is 2.19 bits per heavy atom. The first-order valence-electron chi connectivity index (χ1n) is 5.23. The topological polar surface area (TPSA) is 56.7 Å². The zero-order valence-corrected chi connectivity index (χ0v) is 8.60. The summed E-state index contributed by atoms with van der Waals surface area (Å²) in [4.78, 5) is 0. The molecule has 82 valence electrons. The van der Waals surface area contributed by atoms with Crippen LogP contribution in [0.2, 0.25) is 0 Å². The van der Waals surface area contributed by atoms with Gasteiger partial charge in [-0.1, -0.05) is 11.3 Å². The van der Waals surface area contributed by atoms with Crippen LogP contribution in [0.4, 0.5) is 10.2 Å². The molecule has 2 N–H and O–H groups in total. The minimum absolute atomic E-state index is 0.305. The third kappa shape index (κ3) is 1.44. The molecule has 1 heterocycles. The van der Waals surface area contributed by atoms with E-state index in [0.29, 0.717) is 17.4 Å². The number of rotatable bonds is 2. The van der Waals surface area contributed by atoms with Crippen molar-refractivity contribution >= 4 is 5.82 Å². The molecule has 16 heavy (non-hydrogen) atoms. The fourth-order valence-electron chi connectivity index (χ4n) is 1.75. The Morgan fingerprint density at radius 3 is 2.88 bits per heavy atom. The summed E-state index contributed by atoms with van der Waals surface area (Å²) < 4.78 is 14.5. The summed E-state index contributed by atoms with van der Waals surface area (Å²) in [5.74, 6) is 0.663. The van der Waals surface area contributed by atoms with E-state index in [1.807, 2.05) is 0 Å². The molecule has 0 atom stereocenters. The zero-order valence-electron chi connectivity index (χ0n) is 8.60. The van der Waals surface area contributed by atoms with Crippen molar-refractivity contribution in [1.82, 2.24) is 15.0 Å². The molecule has 0 bridgehead atoms. The number of benzene rings is 1. The second-order valence-electron chi connectivity index (χ2n) is 4.03. The van der Waals surface area contributed by atoms with Crippen LogP contribution in [0.3, 0.4) is 0 Å². The smallest absolute Gasteiger partial charge is 0.151 e. The third-order valence-corrected chi connectivity index (χ3v) is 2.75. The summed E-state index contributed by atoms with van der Waals surface area (Å²) >= 11 is 0. The highest BCUT2D eigenvalue weighted by atomic mass is 19.1. The molecule has 1 aliphatic rings. The van der Waals surface area contributed by atoms with Crippen molar-refractivity contribution in [3.63, 3.8) is 0 Å². The largest absolute Gasteiger partial charge is 0.382 e. The molecular formula is C11H11FN4. The summed E-state index contributed by atoms with van der Waals surface area (Å²) in [6.45, 7) is 0. The number of aromatic nitrogens is 3. The average Bonchev–Trinajstić information content (AvgIpc) is 3.03. The van der Waals surface area contributed by atoms with E-state index < -0.39 is 0 Å². The maximum atomic E-state index is 13.1. The van der Waals surface area contributed by atoms with E-state index in [9.17, 15) is 4.39 Å². The summed E-state index contributed by atoms with van der Waals surface area (Å²) in [6.07, 6.45) is 2.23. The lowest BCUT2D eigenvalue weighted by atomic mass is 10.3. The summed E-state index contributed by atoms with van der Waals surface area (Å²) in [6, 6.07) is 6.16. The lowest BCUT2D eigenvalue weighted by Crippen LogP contribution is -2.03. The first kappa shape index (κ1) is 9.33. The zero-order chi connectivity index (χ0) is 11.1. The Hall–Kier alpha value is -1.91. The SMILES string of the molecule is Nc1c(C2CC2)nnn1-c1cccc(F)c1. The molecule has 0 unspecified atom stereocenters. The van der Waals surface area contributed by atoms with Gasteiger partial charge in [0.25, 0.3) is 0 Å². The van der Waals surface area contributed by atoms with Crippen LogP contribution in [-0.2, 0) is 0 Å². The maximum Gasteiger partial charge on any atom is 0.151 e. The molecule has 1 saturated carbocycles. The Kier molecular flexibility index (Phi) is 1.92. The average molecular weight is 218 g/mol. The van der Waals surface area contributed by atoms with Crippen molar-refractivity contribution in [2.75, 3.05) is 5.73 Å². The predicted molar refractivity (Wildman–Crippen MR) is 57.7 cm³/mol. The highest BCUT2D eigenvalue weighted by Gasteiger charge is 2.30. The fraction of sp³-hybridized carbons (Fsp3) is 0.273. The normalized spacial score (nSPS) is 15.3. The van der Waals surface area contributed by atoms with Crippen molar-refractivity contribution in [2.45, 2.75) is 18.8 Å². The van der Waals surface area contributed by atoms with Gasteiger partial charge in [-0.15, -0.1) is 5.10 Å². The molecule has 1 aromatic heterocycles. The number of nitrogen functional groups attached to an aromatic ring is 1. The molecule has 0 aliphatic heterocycles. The highest BCUT2D eigenvalue weighted by Crippen LogP contribution is 2.41. The van der Waals surface area contributed by atoms with Crippen LogP contribution >= 0.6 is 0 Å². The summed E-state index contributed by atoms with van der Waals surface area (Å²) in [7, 11) is 0. The molecular weight excluding hydrogens is 207 g/mol. The third-order valence-electron chi connectivity index (χ3n) is 2.75. The van der Waals surface area contributed by atoms with E-state index in [1.165, 1.54) is 16.8 Å². The molecule has 2 aromatic rings. The minimum atomic E-state index is -0.305. The van der Waals surface area contributed by atoms with Gasteiger partial charge in [-0.25, -0.2) is 4.39 Å². The van der Waals surface area contributed by atoms with Crippen molar-refractivity contribution in [3.05, 3.63) is 35.8 Å². The van der Waals surface area contributed by atoms with Crippen LogP contribution in [0.5, 0.6) is 0 Å². The summed E-state index contributed by atoms with van der Waals surface area (Å²) in [5.41, 5.74) is 7.39. The number of hydrogen-bond acceptors (Lipinski definition) is 3. The van der Waals surface area contributed by atoms with E-state index in [-0.39, 0.29) is 5.82 Å². The second kappa shape index (κ2) is 3.30. The fourth-order valence-corrected chi connectivity index (χ4v) is 1.75. The van der Waals surface area contributed by atoms with Gasteiger partial charge in [0, 0.05) is 5.92 Å². The predicted octanol–water partition coefficient (Wildman–Crippen LogP) is 1.87. The van der Waals surface area contributed by atoms with Crippen molar-refractivity contribution in [1.29, 1.82) is 0 Å². The minimum Gasteiger partial charge on any atom is -0.382 e. The molecule has 1 aliphatic carbocycles. The Bertz CT molecular complexity index is 531. The molecule has 1 aromatic carbocycles. The van der Waals surface area contributed by atoms with E-state index in [2.05, 4.69) is 10.3 Å². The van der Waals surface area contributed by atoms with Gasteiger partial charge < -0.3 is 5.73 Å². The van der Waals surface area contributed by atoms with Crippen molar-refractivity contribution in [3.8, 4) is 5.69 Å². The molecule has 0 amide bonds. The molecule has 1 fully saturated rings. The first-order valence-corrected chi connectivity index (χ1v) is 5.23. The van der Waals surface area contributed by atoms with Crippen LogP contribution in [-0.4, -0.2) is 15.0 Å². The van der Waals surface area contributed by atoms with Gasteiger partial charge in [0.05, 0.1) is 5.69 Å². The monoisotopic (exact) mass is 218 g/mol. The van der Waals surface area contributed by atoms with Crippen LogP contribution in [0.25, 0.3) is 5.69 Å². The first-order chi connectivity index (χ1) is 7.75. The summed E-state index contributed by atoms with van der Waals surface area (Å²) in [5, 5.41) is 8.01. The van der Waals surface area contributed by atoms with Crippen molar-refractivity contribution < 1.29 is 4.39 Å². The van der Waals surface area contributed by atoms with Gasteiger partial charge in [0.15, 0.2) is 5.82 Å². The van der Waals surface area contributed by atoms with Crippen molar-refractivity contribution in [2.24, 2.45) is 0 Å². The maximum absolute atomic E-state index is 13.1. The Morgan fingerprint density at radius 1 is 1.38 bits per heavy atom. The van der Waals surface area contributed by atoms with Gasteiger partial charge >= 0.3 is 0 Å². The molecule has 3 rings (SSSR count). The molecule has 0 spiro atoms. The number of nitrogens with two attached hydrogens (primary N) is 1. The van der Waals surface area contributed by atoms with Gasteiger partial charge in [-0.3, -0.25) is 0 Å². The van der Waals surface area contributed by atoms with Gasteiger partial charge in [0.2, 0.25) is 0 Å². The van der Waals surface area contributed by atoms with Gasteiger partial charge in [0.1, 0.15) is 11.5 Å².